The number of fused-ring (bicyclic) bond motifs is 5. The summed E-state index contributed by atoms with van der Waals surface area (Å²) >= 11 is 1.67. The van der Waals surface area contributed by atoms with Crippen LogP contribution in [0.1, 0.15) is 43.0 Å². The van der Waals surface area contributed by atoms with Crippen molar-refractivity contribution in [2.75, 3.05) is 7.11 Å². The van der Waals surface area contributed by atoms with Crippen LogP contribution >= 0.6 is 11.3 Å². The van der Waals surface area contributed by atoms with Gasteiger partial charge in [-0.05, 0) is 43.2 Å². The van der Waals surface area contributed by atoms with Crippen molar-refractivity contribution in [3.05, 3.63) is 23.1 Å². The van der Waals surface area contributed by atoms with Crippen molar-refractivity contribution in [1.82, 2.24) is 15.0 Å². The normalized spacial score (nSPS) is 13.9. The van der Waals surface area contributed by atoms with E-state index in [1.807, 2.05) is 0 Å². The first-order chi connectivity index (χ1) is 10.8. The van der Waals surface area contributed by atoms with Crippen LogP contribution in [-0.4, -0.2) is 22.1 Å². The number of nitrogens with zero attached hydrogens (tertiary/aromatic N) is 3. The molecule has 0 spiro atoms. The Morgan fingerprint density at radius 2 is 2.09 bits per heavy atom. The molecule has 0 saturated carbocycles. The molecule has 0 bridgehead atoms. The van der Waals surface area contributed by atoms with Crippen molar-refractivity contribution in [3.8, 4) is 5.88 Å². The van der Waals surface area contributed by atoms with Gasteiger partial charge in [0.25, 0.3) is 0 Å². The molecule has 5 heteroatoms. The highest BCUT2D eigenvalue weighted by Crippen LogP contribution is 2.41. The first kappa shape index (κ1) is 13.9. The number of rotatable bonds is 4. The number of aryl methyl sites for hydroxylation is 2. The zero-order valence-corrected chi connectivity index (χ0v) is 13.8. The fourth-order valence-electron chi connectivity index (χ4n) is 3.45. The lowest BCUT2D eigenvalue weighted by molar-refractivity contribution is 0.403. The number of aromatic nitrogens is 3. The fraction of sp³-hybridized carbons (Fsp3) is 0.471. The van der Waals surface area contributed by atoms with Gasteiger partial charge in [0, 0.05) is 11.1 Å². The first-order valence-corrected chi connectivity index (χ1v) is 8.77. The van der Waals surface area contributed by atoms with Gasteiger partial charge in [-0.25, -0.2) is 15.0 Å². The fourth-order valence-corrected chi connectivity index (χ4v) is 4.60. The molecule has 3 aromatic heterocycles. The van der Waals surface area contributed by atoms with Gasteiger partial charge in [-0.2, -0.15) is 0 Å². The lowest BCUT2D eigenvalue weighted by Gasteiger charge is -2.08. The summed E-state index contributed by atoms with van der Waals surface area (Å²) in [6.07, 6.45) is 8.64. The molecular weight excluding hydrogens is 294 g/mol. The maximum atomic E-state index is 5.40. The van der Waals surface area contributed by atoms with E-state index in [2.05, 4.69) is 16.9 Å². The summed E-state index contributed by atoms with van der Waals surface area (Å²) < 4.78 is 6.43. The Morgan fingerprint density at radius 1 is 1.23 bits per heavy atom. The standard InChI is InChI=1S/C17H19N3OS/c1-3-4-8-12-10-6-5-7-11(10)13-14-15(22-17(13)20-12)16(21-2)19-9-18-14/h9H,3-8H2,1-2H3. The van der Waals surface area contributed by atoms with Crippen molar-refractivity contribution in [1.29, 1.82) is 0 Å². The van der Waals surface area contributed by atoms with E-state index >= 15 is 0 Å². The van der Waals surface area contributed by atoms with Crippen LogP contribution in [-0.2, 0) is 19.3 Å². The molecular formula is C17H19N3OS. The molecule has 0 aromatic carbocycles. The molecule has 0 radical (unpaired) electrons. The predicted molar refractivity (Wildman–Crippen MR) is 89.9 cm³/mol. The molecule has 0 saturated heterocycles. The Morgan fingerprint density at radius 3 is 2.91 bits per heavy atom. The predicted octanol–water partition coefficient (Wildman–Crippen LogP) is 4.08. The van der Waals surface area contributed by atoms with E-state index in [1.54, 1.807) is 24.8 Å². The van der Waals surface area contributed by atoms with Gasteiger partial charge in [-0.3, -0.25) is 0 Å². The van der Waals surface area contributed by atoms with Gasteiger partial charge < -0.3 is 4.74 Å². The summed E-state index contributed by atoms with van der Waals surface area (Å²) in [6.45, 7) is 2.23. The maximum Gasteiger partial charge on any atom is 0.234 e. The van der Waals surface area contributed by atoms with Crippen LogP contribution in [0, 0.1) is 0 Å². The van der Waals surface area contributed by atoms with Crippen molar-refractivity contribution in [2.24, 2.45) is 0 Å². The average molecular weight is 313 g/mol. The number of methoxy groups -OCH3 is 1. The molecule has 0 unspecified atom stereocenters. The lowest BCUT2D eigenvalue weighted by Crippen LogP contribution is -1.98. The van der Waals surface area contributed by atoms with E-state index in [0.29, 0.717) is 5.88 Å². The summed E-state index contributed by atoms with van der Waals surface area (Å²) in [7, 11) is 1.66. The Kier molecular flexibility index (Phi) is 3.45. The monoisotopic (exact) mass is 313 g/mol. The molecule has 3 aromatic rings. The molecule has 1 aliphatic carbocycles. The van der Waals surface area contributed by atoms with Crippen LogP contribution in [0.2, 0.25) is 0 Å². The van der Waals surface area contributed by atoms with Crippen LogP contribution in [0.4, 0.5) is 0 Å². The molecule has 22 heavy (non-hydrogen) atoms. The lowest BCUT2D eigenvalue weighted by atomic mass is 10.0. The molecule has 4 nitrogen and oxygen atoms in total. The number of ether oxygens (including phenoxy) is 1. The summed E-state index contributed by atoms with van der Waals surface area (Å²) in [5, 5.41) is 1.24. The Balaban J connectivity index is 2.03. The van der Waals surface area contributed by atoms with Gasteiger partial charge in [0.05, 0.1) is 12.6 Å². The van der Waals surface area contributed by atoms with Crippen LogP contribution in [0.15, 0.2) is 6.33 Å². The second kappa shape index (κ2) is 5.47. The minimum absolute atomic E-state index is 0.662. The van der Waals surface area contributed by atoms with Crippen molar-refractivity contribution in [2.45, 2.75) is 45.4 Å². The third-order valence-electron chi connectivity index (χ3n) is 4.49. The smallest absolute Gasteiger partial charge is 0.234 e. The van der Waals surface area contributed by atoms with Gasteiger partial charge in [0.15, 0.2) is 0 Å². The van der Waals surface area contributed by atoms with Crippen molar-refractivity contribution in [3.63, 3.8) is 0 Å². The summed E-state index contributed by atoms with van der Waals surface area (Å²) in [5.41, 5.74) is 5.28. The highest BCUT2D eigenvalue weighted by molar-refractivity contribution is 7.25. The van der Waals surface area contributed by atoms with Gasteiger partial charge in [0.1, 0.15) is 15.9 Å². The second-order valence-electron chi connectivity index (χ2n) is 5.82. The van der Waals surface area contributed by atoms with Crippen LogP contribution in [0.25, 0.3) is 20.4 Å². The third-order valence-corrected chi connectivity index (χ3v) is 5.55. The Hall–Kier alpha value is -1.75. The largest absolute Gasteiger partial charge is 0.480 e. The molecule has 0 N–H and O–H groups in total. The van der Waals surface area contributed by atoms with Gasteiger partial charge >= 0.3 is 0 Å². The van der Waals surface area contributed by atoms with Crippen molar-refractivity contribution < 1.29 is 4.74 Å². The van der Waals surface area contributed by atoms with E-state index in [9.17, 15) is 0 Å². The summed E-state index contributed by atoms with van der Waals surface area (Å²) in [4.78, 5) is 14.9. The van der Waals surface area contributed by atoms with E-state index in [-0.39, 0.29) is 0 Å². The number of thiophene rings is 1. The number of pyridine rings is 1. The molecule has 0 fully saturated rings. The second-order valence-corrected chi connectivity index (χ2v) is 6.81. The zero-order chi connectivity index (χ0) is 15.1. The van der Waals surface area contributed by atoms with E-state index < -0.39 is 0 Å². The van der Waals surface area contributed by atoms with E-state index in [0.717, 1.165) is 34.3 Å². The molecule has 1 aliphatic rings. The van der Waals surface area contributed by atoms with Crippen LogP contribution in [0.5, 0.6) is 5.88 Å². The van der Waals surface area contributed by atoms with Crippen LogP contribution in [0.3, 0.4) is 0 Å². The highest BCUT2D eigenvalue weighted by atomic mass is 32.1. The average Bonchev–Trinajstić information content (AvgIpc) is 3.15. The molecule has 0 atom stereocenters. The van der Waals surface area contributed by atoms with Crippen molar-refractivity contribution >= 4 is 31.8 Å². The number of hydrogen-bond donors (Lipinski definition) is 0. The number of hydrogen-bond acceptors (Lipinski definition) is 5. The summed E-state index contributed by atoms with van der Waals surface area (Å²) in [6, 6.07) is 0. The third kappa shape index (κ3) is 1.99. The molecule has 4 rings (SSSR count). The maximum absolute atomic E-state index is 5.40. The van der Waals surface area contributed by atoms with Gasteiger partial charge in [-0.15, -0.1) is 11.3 Å². The minimum atomic E-state index is 0.662. The SMILES string of the molecule is CCCCc1nc2sc3c(OC)ncnc3c2c2c1CCC2. The first-order valence-electron chi connectivity index (χ1n) is 7.95. The molecule has 0 amide bonds. The quantitative estimate of drug-likeness (QED) is 0.728. The highest BCUT2D eigenvalue weighted by Gasteiger charge is 2.24. The molecule has 3 heterocycles. The number of unbranched alkanes of at least 4 members (excludes halogenated alkanes) is 1. The summed E-state index contributed by atoms with van der Waals surface area (Å²) in [5.74, 6) is 0.662. The minimum Gasteiger partial charge on any atom is -0.480 e. The topological polar surface area (TPSA) is 47.9 Å². The van der Waals surface area contributed by atoms with Gasteiger partial charge in [-0.1, -0.05) is 13.3 Å². The van der Waals surface area contributed by atoms with E-state index in [1.165, 1.54) is 41.5 Å². The van der Waals surface area contributed by atoms with Crippen LogP contribution < -0.4 is 4.74 Å². The molecule has 0 aliphatic heterocycles. The van der Waals surface area contributed by atoms with Gasteiger partial charge in [0.2, 0.25) is 5.88 Å². The zero-order valence-electron chi connectivity index (χ0n) is 13.0. The molecule has 114 valence electrons. The van der Waals surface area contributed by atoms with E-state index in [4.69, 9.17) is 9.72 Å². The Bertz CT molecular complexity index is 856. The Labute approximate surface area is 133 Å².